The van der Waals surface area contributed by atoms with E-state index in [1.165, 1.54) is 10.4 Å². The molecule has 0 amide bonds. The van der Waals surface area contributed by atoms with E-state index < -0.39 is 0 Å². The maximum atomic E-state index is 6.15. The summed E-state index contributed by atoms with van der Waals surface area (Å²) in [6, 6.07) is 18.4. The van der Waals surface area contributed by atoms with Gasteiger partial charge >= 0.3 is 0 Å². The Balaban J connectivity index is 0.00000240. The number of guanidine groups is 1. The van der Waals surface area contributed by atoms with Gasteiger partial charge in [0.15, 0.2) is 5.96 Å². The van der Waals surface area contributed by atoms with E-state index in [1.807, 2.05) is 30.3 Å². The molecule has 0 spiro atoms. The van der Waals surface area contributed by atoms with Gasteiger partial charge in [-0.3, -0.25) is 0 Å². The maximum absolute atomic E-state index is 6.15. The lowest BCUT2D eigenvalue weighted by Gasteiger charge is -2.26. The first-order chi connectivity index (χ1) is 13.7. The predicted octanol–water partition coefficient (Wildman–Crippen LogP) is 4.97. The number of rotatable bonds is 5. The van der Waals surface area contributed by atoms with Crippen LogP contribution < -0.4 is 20.5 Å². The fourth-order valence-corrected chi connectivity index (χ4v) is 4.09. The number of halogens is 1. The van der Waals surface area contributed by atoms with Gasteiger partial charge < -0.3 is 20.5 Å². The molecule has 3 N–H and O–H groups in total. The van der Waals surface area contributed by atoms with Crippen molar-refractivity contribution in [3.8, 4) is 22.6 Å². The van der Waals surface area contributed by atoms with Crippen molar-refractivity contribution in [2.24, 2.45) is 10.7 Å². The molecule has 0 saturated heterocycles. The van der Waals surface area contributed by atoms with Crippen LogP contribution in [-0.2, 0) is 6.54 Å². The van der Waals surface area contributed by atoms with Crippen molar-refractivity contribution in [2.75, 3.05) is 13.7 Å². The molecule has 0 saturated carbocycles. The van der Waals surface area contributed by atoms with Gasteiger partial charge in [-0.05, 0) is 40.8 Å². The van der Waals surface area contributed by atoms with E-state index in [0.717, 1.165) is 29.0 Å². The van der Waals surface area contributed by atoms with Gasteiger partial charge in [0, 0.05) is 16.9 Å². The monoisotopic (exact) mass is 521 g/mol. The van der Waals surface area contributed by atoms with Crippen molar-refractivity contribution < 1.29 is 9.47 Å². The van der Waals surface area contributed by atoms with E-state index in [2.05, 4.69) is 40.0 Å². The molecule has 29 heavy (non-hydrogen) atoms. The number of benzene rings is 2. The Morgan fingerprint density at radius 1 is 1.21 bits per heavy atom. The van der Waals surface area contributed by atoms with Gasteiger partial charge in [-0.1, -0.05) is 30.3 Å². The highest BCUT2D eigenvalue weighted by atomic mass is 127. The van der Waals surface area contributed by atoms with Gasteiger partial charge in [0.25, 0.3) is 0 Å². The van der Waals surface area contributed by atoms with E-state index in [4.69, 9.17) is 15.2 Å². The average molecular weight is 521 g/mol. The number of nitrogens with one attached hydrogen (secondary N) is 1. The number of ether oxygens (including phenoxy) is 2. The van der Waals surface area contributed by atoms with Crippen LogP contribution in [-0.4, -0.2) is 19.7 Å². The topological polar surface area (TPSA) is 68.9 Å². The molecule has 4 rings (SSSR count). The van der Waals surface area contributed by atoms with Crippen LogP contribution in [0.3, 0.4) is 0 Å². The second-order valence-electron chi connectivity index (χ2n) is 6.60. The first-order valence-corrected chi connectivity index (χ1v) is 10.1. The van der Waals surface area contributed by atoms with Crippen LogP contribution in [0.15, 0.2) is 65.0 Å². The first-order valence-electron chi connectivity index (χ1n) is 9.23. The minimum absolute atomic E-state index is 0. The average Bonchev–Trinajstić information content (AvgIpc) is 3.22. The number of thiophene rings is 1. The van der Waals surface area contributed by atoms with Crippen molar-refractivity contribution >= 4 is 41.3 Å². The number of nitrogens with two attached hydrogens (primary N) is 1. The number of hydrogen-bond donors (Lipinski definition) is 2. The lowest BCUT2D eigenvalue weighted by atomic mass is 10.0. The third-order valence-corrected chi connectivity index (χ3v) is 5.68. The lowest BCUT2D eigenvalue weighted by molar-refractivity contribution is 0.262. The normalized spacial score (nSPS) is 15.6. The van der Waals surface area contributed by atoms with Crippen LogP contribution in [0.25, 0.3) is 11.1 Å². The third-order valence-electron chi connectivity index (χ3n) is 4.76. The van der Waals surface area contributed by atoms with Crippen LogP contribution in [0.5, 0.6) is 11.5 Å². The van der Waals surface area contributed by atoms with E-state index >= 15 is 0 Å². The summed E-state index contributed by atoms with van der Waals surface area (Å²) in [5.74, 6) is 2.24. The largest absolute Gasteiger partial charge is 0.497 e. The highest BCUT2D eigenvalue weighted by Gasteiger charge is 2.21. The number of hydrogen-bond acceptors (Lipinski definition) is 4. The Hall–Kier alpha value is -2.26. The Kier molecular flexibility index (Phi) is 7.38. The lowest BCUT2D eigenvalue weighted by Crippen LogP contribution is -2.37. The molecule has 152 valence electrons. The van der Waals surface area contributed by atoms with Crippen molar-refractivity contribution in [3.63, 3.8) is 0 Å². The van der Waals surface area contributed by atoms with E-state index in [9.17, 15) is 0 Å². The van der Waals surface area contributed by atoms with Crippen molar-refractivity contribution in [3.05, 3.63) is 70.4 Å². The smallest absolute Gasteiger partial charge is 0.189 e. The summed E-state index contributed by atoms with van der Waals surface area (Å²) >= 11 is 1.69. The van der Waals surface area contributed by atoms with Gasteiger partial charge in [-0.15, -0.1) is 35.3 Å². The summed E-state index contributed by atoms with van der Waals surface area (Å²) < 4.78 is 10.9. The summed E-state index contributed by atoms with van der Waals surface area (Å²) in [6.45, 7) is 1.24. The molecule has 0 fully saturated rings. The fourth-order valence-electron chi connectivity index (χ4n) is 3.28. The minimum Gasteiger partial charge on any atom is -0.497 e. The SMILES string of the molecule is COc1ccc(-c2csc(CN=C(N)NC3CCOc4ccccc43)c2)cc1.I. The molecule has 1 unspecified atom stereocenters. The number of methoxy groups -OCH3 is 1. The second-order valence-corrected chi connectivity index (χ2v) is 7.60. The summed E-state index contributed by atoms with van der Waals surface area (Å²) in [7, 11) is 1.67. The highest BCUT2D eigenvalue weighted by Crippen LogP contribution is 2.31. The van der Waals surface area contributed by atoms with Gasteiger partial charge in [-0.25, -0.2) is 4.99 Å². The molecule has 0 aliphatic carbocycles. The van der Waals surface area contributed by atoms with Gasteiger partial charge in [-0.2, -0.15) is 0 Å². The fraction of sp³-hybridized carbons (Fsp3) is 0.227. The Labute approximate surface area is 192 Å². The number of aliphatic imine (C=N–C) groups is 1. The summed E-state index contributed by atoms with van der Waals surface area (Å²) in [4.78, 5) is 5.70. The molecule has 2 heterocycles. The van der Waals surface area contributed by atoms with Crippen molar-refractivity contribution in [1.29, 1.82) is 0 Å². The summed E-state index contributed by atoms with van der Waals surface area (Å²) in [6.07, 6.45) is 0.869. The molecule has 1 aromatic heterocycles. The maximum Gasteiger partial charge on any atom is 0.189 e. The van der Waals surface area contributed by atoms with E-state index in [1.54, 1.807) is 18.4 Å². The van der Waals surface area contributed by atoms with Gasteiger partial charge in [0.05, 0.1) is 26.3 Å². The summed E-state index contributed by atoms with van der Waals surface area (Å²) in [5.41, 5.74) is 9.62. The molecule has 3 aromatic rings. The van der Waals surface area contributed by atoms with Gasteiger partial charge in [0.2, 0.25) is 0 Å². The van der Waals surface area contributed by atoms with Crippen LogP contribution in [0, 0.1) is 0 Å². The van der Waals surface area contributed by atoms with E-state index in [0.29, 0.717) is 19.1 Å². The van der Waals surface area contributed by atoms with Crippen LogP contribution in [0.2, 0.25) is 0 Å². The first kappa shape index (κ1) is 21.4. The Morgan fingerprint density at radius 3 is 2.79 bits per heavy atom. The second kappa shape index (κ2) is 9.98. The third kappa shape index (κ3) is 5.22. The van der Waals surface area contributed by atoms with E-state index in [-0.39, 0.29) is 30.0 Å². The van der Waals surface area contributed by atoms with Crippen LogP contribution >= 0.6 is 35.3 Å². The zero-order valence-electron chi connectivity index (χ0n) is 16.1. The van der Waals surface area contributed by atoms with Crippen LogP contribution in [0.1, 0.15) is 22.9 Å². The molecular formula is C22H24IN3O2S. The zero-order valence-corrected chi connectivity index (χ0v) is 19.3. The van der Waals surface area contributed by atoms with Crippen molar-refractivity contribution in [2.45, 2.75) is 19.0 Å². The molecule has 1 aliphatic heterocycles. The molecule has 2 aromatic carbocycles. The Bertz CT molecular complexity index is 972. The Morgan fingerprint density at radius 2 is 2.00 bits per heavy atom. The molecule has 7 heteroatoms. The number of nitrogens with zero attached hydrogens (tertiary/aromatic N) is 1. The molecule has 0 radical (unpaired) electrons. The quantitative estimate of drug-likeness (QED) is 0.283. The molecule has 1 atom stereocenters. The minimum atomic E-state index is 0. The summed E-state index contributed by atoms with van der Waals surface area (Å²) in [5, 5.41) is 5.48. The highest BCUT2D eigenvalue weighted by molar-refractivity contribution is 14.0. The standard InChI is InChI=1S/C22H23N3O2S.HI/c1-26-17-8-6-15(7-9-17)16-12-18(28-14-16)13-24-22(23)25-20-10-11-27-21-5-3-2-4-19(20)21;/h2-9,12,14,20H,10-11,13H2,1H3,(H3,23,24,25);1H. The zero-order chi connectivity index (χ0) is 19.3. The molecule has 5 nitrogen and oxygen atoms in total. The predicted molar refractivity (Wildman–Crippen MR) is 129 cm³/mol. The van der Waals surface area contributed by atoms with Gasteiger partial charge in [0.1, 0.15) is 11.5 Å². The number of para-hydroxylation sites is 1. The molecule has 0 bridgehead atoms. The number of fused-ring (bicyclic) bond motifs is 1. The van der Waals surface area contributed by atoms with Crippen LogP contribution in [0.4, 0.5) is 0 Å². The molecule has 1 aliphatic rings. The molecular weight excluding hydrogens is 497 g/mol. The van der Waals surface area contributed by atoms with Crippen molar-refractivity contribution in [1.82, 2.24) is 5.32 Å².